The molecule has 0 unspecified atom stereocenters. The summed E-state index contributed by atoms with van der Waals surface area (Å²) in [4.78, 5) is 23.8. The first-order chi connectivity index (χ1) is 13.2. The van der Waals surface area contributed by atoms with E-state index in [1.807, 2.05) is 37.3 Å². The zero-order valence-electron chi connectivity index (χ0n) is 15.7. The smallest absolute Gasteiger partial charge is 0.209 e. The zero-order valence-corrected chi connectivity index (χ0v) is 15.7. The Kier molecular flexibility index (Phi) is 6.30. The van der Waals surface area contributed by atoms with Crippen LogP contribution in [0.5, 0.6) is 11.5 Å². The molecule has 144 valence electrons. The number of rotatable bonds is 8. The number of benzene rings is 1. The van der Waals surface area contributed by atoms with Gasteiger partial charge in [0.25, 0.3) is 0 Å². The molecular formula is C19H25N5O3. The van der Waals surface area contributed by atoms with Crippen molar-refractivity contribution in [1.29, 1.82) is 0 Å². The molecule has 0 saturated carbocycles. The lowest BCUT2D eigenvalue weighted by molar-refractivity contribution is -0.118. The largest absolute Gasteiger partial charge is 0.497 e. The Balaban J connectivity index is 1.51. The van der Waals surface area contributed by atoms with E-state index < -0.39 is 0 Å². The lowest BCUT2D eigenvalue weighted by atomic mass is 10.3. The highest BCUT2D eigenvalue weighted by molar-refractivity contribution is 5.52. The molecule has 1 aliphatic rings. The number of amides is 1. The Morgan fingerprint density at radius 3 is 2.48 bits per heavy atom. The molecule has 3 rings (SSSR count). The van der Waals surface area contributed by atoms with Gasteiger partial charge in [0.1, 0.15) is 35.6 Å². The number of ether oxygens (including phenoxy) is 2. The van der Waals surface area contributed by atoms with E-state index in [0.29, 0.717) is 32.1 Å². The van der Waals surface area contributed by atoms with E-state index >= 15 is 0 Å². The lowest BCUT2D eigenvalue weighted by Crippen LogP contribution is -2.46. The van der Waals surface area contributed by atoms with Crippen LogP contribution in [0.15, 0.2) is 30.3 Å². The summed E-state index contributed by atoms with van der Waals surface area (Å²) in [6.07, 6.45) is 0.901. The Labute approximate surface area is 159 Å². The van der Waals surface area contributed by atoms with E-state index in [0.717, 1.165) is 42.6 Å². The normalized spacial score (nSPS) is 14.0. The highest BCUT2D eigenvalue weighted by atomic mass is 16.5. The summed E-state index contributed by atoms with van der Waals surface area (Å²) >= 11 is 0. The van der Waals surface area contributed by atoms with Gasteiger partial charge in [0.15, 0.2) is 0 Å². The van der Waals surface area contributed by atoms with Crippen LogP contribution in [-0.4, -0.2) is 67.7 Å². The molecule has 1 saturated heterocycles. The minimum absolute atomic E-state index is 0.517. The van der Waals surface area contributed by atoms with Gasteiger partial charge in [0.2, 0.25) is 6.41 Å². The van der Waals surface area contributed by atoms with Crippen LogP contribution in [0.3, 0.4) is 0 Å². The summed E-state index contributed by atoms with van der Waals surface area (Å²) < 4.78 is 10.8. The summed E-state index contributed by atoms with van der Waals surface area (Å²) in [5, 5.41) is 3.28. The monoisotopic (exact) mass is 371 g/mol. The third kappa shape index (κ3) is 5.22. The van der Waals surface area contributed by atoms with Crippen LogP contribution in [-0.2, 0) is 4.79 Å². The van der Waals surface area contributed by atoms with Crippen molar-refractivity contribution in [2.75, 3.05) is 56.7 Å². The minimum Gasteiger partial charge on any atom is -0.497 e. The summed E-state index contributed by atoms with van der Waals surface area (Å²) in [6, 6.07) is 9.44. The fourth-order valence-electron chi connectivity index (χ4n) is 2.88. The average Bonchev–Trinajstić information content (AvgIpc) is 2.71. The van der Waals surface area contributed by atoms with Crippen molar-refractivity contribution in [2.24, 2.45) is 0 Å². The van der Waals surface area contributed by atoms with Crippen molar-refractivity contribution in [3.8, 4) is 11.5 Å². The van der Waals surface area contributed by atoms with Gasteiger partial charge in [-0.1, -0.05) is 0 Å². The van der Waals surface area contributed by atoms with Crippen molar-refractivity contribution in [2.45, 2.75) is 6.92 Å². The molecule has 2 heterocycles. The minimum atomic E-state index is 0.517. The Morgan fingerprint density at radius 2 is 1.81 bits per heavy atom. The molecule has 1 N–H and O–H groups in total. The van der Waals surface area contributed by atoms with Gasteiger partial charge in [-0.25, -0.2) is 9.97 Å². The number of anilines is 2. The molecule has 2 aromatic rings. The molecule has 1 fully saturated rings. The highest BCUT2D eigenvalue weighted by Gasteiger charge is 2.17. The highest BCUT2D eigenvalue weighted by Crippen LogP contribution is 2.18. The SMILES string of the molecule is COc1ccc(OCCNc2cc(N3CCN(C=O)CC3)nc(C)n2)cc1. The van der Waals surface area contributed by atoms with Crippen molar-refractivity contribution in [1.82, 2.24) is 14.9 Å². The van der Waals surface area contributed by atoms with Gasteiger partial charge >= 0.3 is 0 Å². The number of piperazine rings is 1. The predicted molar refractivity (Wildman–Crippen MR) is 104 cm³/mol. The van der Waals surface area contributed by atoms with Gasteiger partial charge in [-0.15, -0.1) is 0 Å². The average molecular weight is 371 g/mol. The van der Waals surface area contributed by atoms with Gasteiger partial charge in [0.05, 0.1) is 13.7 Å². The first kappa shape index (κ1) is 18.8. The first-order valence-electron chi connectivity index (χ1n) is 8.98. The Hall–Kier alpha value is -3.03. The molecular weight excluding hydrogens is 346 g/mol. The van der Waals surface area contributed by atoms with Gasteiger partial charge in [-0.2, -0.15) is 0 Å². The maximum Gasteiger partial charge on any atom is 0.209 e. The van der Waals surface area contributed by atoms with E-state index in [2.05, 4.69) is 20.2 Å². The van der Waals surface area contributed by atoms with Crippen molar-refractivity contribution in [3.05, 3.63) is 36.2 Å². The van der Waals surface area contributed by atoms with Crippen LogP contribution in [0.25, 0.3) is 0 Å². The zero-order chi connectivity index (χ0) is 19.1. The fourth-order valence-corrected chi connectivity index (χ4v) is 2.88. The quantitative estimate of drug-likeness (QED) is 0.557. The number of aryl methyl sites for hydroxylation is 1. The van der Waals surface area contributed by atoms with Crippen molar-refractivity contribution < 1.29 is 14.3 Å². The van der Waals surface area contributed by atoms with E-state index in [4.69, 9.17) is 9.47 Å². The Bertz CT molecular complexity index is 746. The van der Waals surface area contributed by atoms with E-state index in [1.54, 1.807) is 12.0 Å². The second-order valence-electron chi connectivity index (χ2n) is 6.24. The van der Waals surface area contributed by atoms with Crippen LogP contribution in [0.4, 0.5) is 11.6 Å². The van der Waals surface area contributed by atoms with Gasteiger partial charge < -0.3 is 24.6 Å². The summed E-state index contributed by atoms with van der Waals surface area (Å²) in [7, 11) is 1.64. The molecule has 1 aromatic heterocycles. The number of aromatic nitrogens is 2. The third-order valence-electron chi connectivity index (χ3n) is 4.35. The molecule has 8 heteroatoms. The molecule has 0 aliphatic carbocycles. The van der Waals surface area contributed by atoms with Crippen molar-refractivity contribution >= 4 is 18.0 Å². The molecule has 0 atom stereocenters. The van der Waals surface area contributed by atoms with Crippen LogP contribution < -0.4 is 19.7 Å². The maximum absolute atomic E-state index is 10.8. The molecule has 0 radical (unpaired) electrons. The predicted octanol–water partition coefficient (Wildman–Crippen LogP) is 1.56. The second kappa shape index (κ2) is 9.07. The molecule has 1 aromatic carbocycles. The Morgan fingerprint density at radius 1 is 1.11 bits per heavy atom. The lowest BCUT2D eigenvalue weighted by Gasteiger charge is -2.33. The third-order valence-corrected chi connectivity index (χ3v) is 4.35. The number of carbonyl (C=O) groups excluding carboxylic acids is 1. The number of hydrogen-bond acceptors (Lipinski definition) is 7. The number of hydrogen-bond donors (Lipinski definition) is 1. The first-order valence-corrected chi connectivity index (χ1v) is 8.98. The summed E-state index contributed by atoms with van der Waals surface area (Å²) in [6.45, 7) is 5.99. The van der Waals surface area contributed by atoms with Crippen LogP contribution >= 0.6 is 0 Å². The topological polar surface area (TPSA) is 79.8 Å². The van der Waals surface area contributed by atoms with Crippen LogP contribution in [0, 0.1) is 6.92 Å². The summed E-state index contributed by atoms with van der Waals surface area (Å²) in [5.74, 6) is 3.97. The van der Waals surface area contributed by atoms with Gasteiger partial charge in [0, 0.05) is 32.2 Å². The number of nitrogens with one attached hydrogen (secondary N) is 1. The molecule has 0 spiro atoms. The van der Waals surface area contributed by atoms with E-state index in [1.165, 1.54) is 0 Å². The molecule has 0 bridgehead atoms. The molecule has 27 heavy (non-hydrogen) atoms. The standard InChI is InChI=1S/C19H25N5O3/c1-15-21-18(13-19(22-15)24-10-8-23(14-25)9-11-24)20-7-12-27-17-5-3-16(26-2)4-6-17/h3-6,13-14H,7-12H2,1-2H3,(H,20,21,22). The van der Waals surface area contributed by atoms with Crippen LogP contribution in [0.2, 0.25) is 0 Å². The maximum atomic E-state index is 10.8. The summed E-state index contributed by atoms with van der Waals surface area (Å²) in [5.41, 5.74) is 0. The molecule has 1 amide bonds. The van der Waals surface area contributed by atoms with E-state index in [-0.39, 0.29) is 0 Å². The van der Waals surface area contributed by atoms with Gasteiger partial charge in [-0.05, 0) is 31.2 Å². The second-order valence-corrected chi connectivity index (χ2v) is 6.24. The van der Waals surface area contributed by atoms with Crippen molar-refractivity contribution in [3.63, 3.8) is 0 Å². The number of nitrogens with zero attached hydrogens (tertiary/aromatic N) is 4. The van der Waals surface area contributed by atoms with Gasteiger partial charge in [-0.3, -0.25) is 4.79 Å². The molecule has 1 aliphatic heterocycles. The fraction of sp³-hybridized carbons (Fsp3) is 0.421. The number of carbonyl (C=O) groups is 1. The number of methoxy groups -OCH3 is 1. The van der Waals surface area contributed by atoms with E-state index in [9.17, 15) is 4.79 Å². The molecule has 8 nitrogen and oxygen atoms in total. The van der Waals surface area contributed by atoms with Crippen LogP contribution in [0.1, 0.15) is 5.82 Å².